The van der Waals surface area contributed by atoms with E-state index in [0.717, 1.165) is 10.8 Å². The predicted molar refractivity (Wildman–Crippen MR) is 99.1 cm³/mol. The number of hydrogen-bond acceptors (Lipinski definition) is 4. The number of rotatable bonds is 4. The van der Waals surface area contributed by atoms with Crippen LogP contribution in [0.3, 0.4) is 0 Å². The van der Waals surface area contributed by atoms with Crippen LogP contribution in [0, 0.1) is 0 Å². The second kappa shape index (κ2) is 7.65. The fraction of sp³-hybridized carbons (Fsp3) is 0.263. The van der Waals surface area contributed by atoms with Gasteiger partial charge in [-0.1, -0.05) is 36.4 Å². The lowest BCUT2D eigenvalue weighted by Gasteiger charge is -2.22. The molecule has 6 amide bonds. The third-order valence-electron chi connectivity index (χ3n) is 4.61. The van der Waals surface area contributed by atoms with Gasteiger partial charge in [0.2, 0.25) is 5.91 Å². The van der Waals surface area contributed by atoms with Crippen LogP contribution in [0.5, 0.6) is 0 Å². The van der Waals surface area contributed by atoms with Gasteiger partial charge in [0.1, 0.15) is 18.6 Å². The molecule has 3 rings (SSSR count). The summed E-state index contributed by atoms with van der Waals surface area (Å²) in [6, 6.07) is 10.4. The average Bonchev–Trinajstić information content (AvgIpc) is 2.89. The van der Waals surface area contributed by atoms with Gasteiger partial charge in [0.15, 0.2) is 0 Å². The van der Waals surface area contributed by atoms with Gasteiger partial charge in [0.25, 0.3) is 5.91 Å². The van der Waals surface area contributed by atoms with Crippen LogP contribution < -0.4 is 16.0 Å². The van der Waals surface area contributed by atoms with Crippen molar-refractivity contribution in [2.75, 3.05) is 13.1 Å². The Bertz CT molecular complexity index is 1040. The van der Waals surface area contributed by atoms with Crippen LogP contribution >= 0.6 is 0 Å². The van der Waals surface area contributed by atoms with Crippen LogP contribution in [0.2, 0.25) is 0 Å². The van der Waals surface area contributed by atoms with E-state index in [1.54, 1.807) is 23.5 Å². The molecule has 1 aliphatic rings. The first kappa shape index (κ1) is 21.1. The topological polar surface area (TPSA) is 108 Å². The molecule has 1 heterocycles. The van der Waals surface area contributed by atoms with E-state index < -0.39 is 48.7 Å². The standard InChI is InChI=1S/C19H17F3N4O4/c1-18(13-7-6-11-4-2-3-5-12(11)8-13)15(28)26(17(30)25-18)9-14(27)24-16(29)23-10-19(20,21)22/h2-8H,9-10H2,1H3,(H,25,30)(H2,23,24,27,29). The first-order chi connectivity index (χ1) is 14.0. The number of halogens is 3. The van der Waals surface area contributed by atoms with E-state index in [9.17, 15) is 32.3 Å². The molecule has 158 valence electrons. The highest BCUT2D eigenvalue weighted by Gasteiger charge is 2.49. The number of amides is 6. The highest BCUT2D eigenvalue weighted by molar-refractivity contribution is 6.10. The number of urea groups is 2. The van der Waals surface area contributed by atoms with Crippen molar-refractivity contribution in [1.29, 1.82) is 0 Å². The van der Waals surface area contributed by atoms with Crippen molar-refractivity contribution >= 4 is 34.6 Å². The number of alkyl halides is 3. The van der Waals surface area contributed by atoms with E-state index in [4.69, 9.17) is 0 Å². The Hall–Kier alpha value is -3.63. The molecule has 2 aromatic rings. The number of fused-ring (bicyclic) bond motifs is 1. The molecular formula is C19H17F3N4O4. The zero-order valence-corrected chi connectivity index (χ0v) is 15.7. The van der Waals surface area contributed by atoms with Gasteiger partial charge < -0.3 is 10.6 Å². The maximum atomic E-state index is 12.9. The molecule has 1 unspecified atom stereocenters. The number of carbonyl (C=O) groups is 4. The summed E-state index contributed by atoms with van der Waals surface area (Å²) in [6.07, 6.45) is -4.65. The number of benzene rings is 2. The first-order valence-corrected chi connectivity index (χ1v) is 8.77. The molecule has 1 atom stereocenters. The summed E-state index contributed by atoms with van der Waals surface area (Å²) in [5.41, 5.74) is -0.953. The molecular weight excluding hydrogens is 405 g/mol. The minimum atomic E-state index is -4.65. The summed E-state index contributed by atoms with van der Waals surface area (Å²) in [6.45, 7) is -0.978. The summed E-state index contributed by atoms with van der Waals surface area (Å²) in [7, 11) is 0. The Morgan fingerprint density at radius 3 is 2.43 bits per heavy atom. The molecule has 0 aliphatic carbocycles. The number of nitrogens with one attached hydrogen (secondary N) is 3. The third kappa shape index (κ3) is 4.34. The largest absolute Gasteiger partial charge is 0.405 e. The average molecular weight is 422 g/mol. The SMILES string of the molecule is CC1(c2ccc3ccccc3c2)NC(=O)N(CC(=O)NC(=O)NCC(F)(F)F)C1=O. The number of nitrogens with zero attached hydrogens (tertiary/aromatic N) is 1. The van der Waals surface area contributed by atoms with Crippen molar-refractivity contribution in [3.05, 3.63) is 48.0 Å². The summed E-state index contributed by atoms with van der Waals surface area (Å²) in [5, 5.41) is 7.41. The Morgan fingerprint density at radius 1 is 1.10 bits per heavy atom. The summed E-state index contributed by atoms with van der Waals surface area (Å²) in [4.78, 5) is 49.0. The van der Waals surface area contributed by atoms with Gasteiger partial charge in [-0.05, 0) is 29.3 Å². The fourth-order valence-electron chi connectivity index (χ4n) is 3.07. The van der Waals surface area contributed by atoms with Crippen LogP contribution in [0.1, 0.15) is 12.5 Å². The maximum Gasteiger partial charge on any atom is 0.405 e. The maximum absolute atomic E-state index is 12.9. The molecule has 0 aromatic heterocycles. The van der Waals surface area contributed by atoms with Crippen molar-refractivity contribution in [1.82, 2.24) is 20.9 Å². The van der Waals surface area contributed by atoms with Gasteiger partial charge in [-0.2, -0.15) is 13.2 Å². The number of carbonyl (C=O) groups excluding carboxylic acids is 4. The Morgan fingerprint density at radius 2 is 1.77 bits per heavy atom. The van der Waals surface area contributed by atoms with E-state index in [2.05, 4.69) is 5.32 Å². The molecule has 11 heteroatoms. The second-order valence-electron chi connectivity index (χ2n) is 6.85. The molecule has 1 saturated heterocycles. The lowest BCUT2D eigenvalue weighted by molar-refractivity contribution is -0.134. The van der Waals surface area contributed by atoms with Gasteiger partial charge in [0, 0.05) is 0 Å². The highest BCUT2D eigenvalue weighted by atomic mass is 19.4. The van der Waals surface area contributed by atoms with E-state index in [1.807, 2.05) is 24.3 Å². The van der Waals surface area contributed by atoms with Crippen molar-refractivity contribution in [2.24, 2.45) is 0 Å². The van der Waals surface area contributed by atoms with Crippen molar-refractivity contribution in [2.45, 2.75) is 18.6 Å². The van der Waals surface area contributed by atoms with E-state index in [-0.39, 0.29) is 0 Å². The molecule has 2 aromatic carbocycles. The summed E-state index contributed by atoms with van der Waals surface area (Å²) >= 11 is 0. The second-order valence-corrected chi connectivity index (χ2v) is 6.85. The molecule has 30 heavy (non-hydrogen) atoms. The van der Waals surface area contributed by atoms with Crippen LogP contribution in [0.4, 0.5) is 22.8 Å². The molecule has 0 saturated carbocycles. The third-order valence-corrected chi connectivity index (χ3v) is 4.61. The molecule has 1 aliphatic heterocycles. The quantitative estimate of drug-likeness (QED) is 0.655. The molecule has 0 bridgehead atoms. The summed E-state index contributed by atoms with van der Waals surface area (Å²) in [5.74, 6) is -1.84. The normalized spacial score (nSPS) is 19.0. The highest BCUT2D eigenvalue weighted by Crippen LogP contribution is 2.30. The van der Waals surface area contributed by atoms with Gasteiger partial charge >= 0.3 is 18.2 Å². The first-order valence-electron chi connectivity index (χ1n) is 8.77. The molecule has 1 fully saturated rings. The molecule has 0 radical (unpaired) electrons. The van der Waals surface area contributed by atoms with Gasteiger partial charge in [-0.25, -0.2) is 9.59 Å². The minimum Gasteiger partial charge on any atom is -0.329 e. The van der Waals surface area contributed by atoms with Crippen molar-refractivity contribution in [3.63, 3.8) is 0 Å². The summed E-state index contributed by atoms with van der Waals surface area (Å²) < 4.78 is 36.3. The van der Waals surface area contributed by atoms with Crippen LogP contribution in [-0.4, -0.2) is 48.0 Å². The fourth-order valence-corrected chi connectivity index (χ4v) is 3.07. The number of hydrogen-bond donors (Lipinski definition) is 3. The van der Waals surface area contributed by atoms with Crippen molar-refractivity contribution in [3.8, 4) is 0 Å². The Labute approximate surface area is 168 Å². The monoisotopic (exact) mass is 422 g/mol. The van der Waals surface area contributed by atoms with E-state index in [1.165, 1.54) is 12.2 Å². The zero-order chi connectivity index (χ0) is 22.1. The Balaban J connectivity index is 1.70. The van der Waals surface area contributed by atoms with Gasteiger partial charge in [-0.3, -0.25) is 19.8 Å². The predicted octanol–water partition coefficient (Wildman–Crippen LogP) is 1.99. The molecule has 3 N–H and O–H groups in total. The van der Waals surface area contributed by atoms with Crippen molar-refractivity contribution < 1.29 is 32.3 Å². The number of imide groups is 2. The zero-order valence-electron chi connectivity index (χ0n) is 15.7. The van der Waals surface area contributed by atoms with Gasteiger partial charge in [0.05, 0.1) is 0 Å². The molecule has 0 spiro atoms. The Kier molecular flexibility index (Phi) is 5.38. The van der Waals surface area contributed by atoms with Crippen LogP contribution in [0.25, 0.3) is 10.8 Å². The molecule has 8 nitrogen and oxygen atoms in total. The lowest BCUT2D eigenvalue weighted by atomic mass is 9.90. The minimum absolute atomic E-state index is 0.491. The smallest absolute Gasteiger partial charge is 0.329 e. The van der Waals surface area contributed by atoms with E-state index in [0.29, 0.717) is 10.5 Å². The van der Waals surface area contributed by atoms with Crippen LogP contribution in [-0.2, 0) is 15.1 Å². The lowest BCUT2D eigenvalue weighted by Crippen LogP contribution is -2.48. The van der Waals surface area contributed by atoms with Crippen LogP contribution in [0.15, 0.2) is 42.5 Å². The van der Waals surface area contributed by atoms with E-state index >= 15 is 0 Å². The van der Waals surface area contributed by atoms with Gasteiger partial charge in [-0.15, -0.1) is 0 Å².